The molecular formula is C19H30O4. The first-order chi connectivity index (χ1) is 10.8. The van der Waals surface area contributed by atoms with Crippen LogP contribution in [0.15, 0.2) is 30.3 Å². The van der Waals surface area contributed by atoms with Gasteiger partial charge < -0.3 is 9.47 Å². The molecule has 0 saturated heterocycles. The van der Waals surface area contributed by atoms with Crippen LogP contribution in [0.4, 0.5) is 0 Å². The Bertz CT molecular complexity index is 454. The van der Waals surface area contributed by atoms with Crippen molar-refractivity contribution in [2.24, 2.45) is 17.8 Å². The van der Waals surface area contributed by atoms with E-state index in [0.717, 1.165) is 12.8 Å². The molecule has 0 aromatic heterocycles. The van der Waals surface area contributed by atoms with E-state index < -0.39 is 0 Å². The van der Waals surface area contributed by atoms with Gasteiger partial charge >= 0.3 is 11.9 Å². The number of benzene rings is 1. The molecule has 0 radical (unpaired) electrons. The summed E-state index contributed by atoms with van der Waals surface area (Å²) in [7, 11) is 2.85. The first-order valence-corrected chi connectivity index (χ1v) is 8.01. The molecule has 1 aromatic carbocycles. The van der Waals surface area contributed by atoms with Crippen LogP contribution in [-0.2, 0) is 25.5 Å². The van der Waals surface area contributed by atoms with E-state index in [1.165, 1.54) is 19.8 Å². The van der Waals surface area contributed by atoms with Crippen molar-refractivity contribution >= 4 is 11.9 Å². The van der Waals surface area contributed by atoms with E-state index in [2.05, 4.69) is 23.3 Å². The fraction of sp³-hybridized carbons (Fsp3) is 0.579. The zero-order chi connectivity index (χ0) is 17.8. The van der Waals surface area contributed by atoms with Crippen molar-refractivity contribution in [1.82, 2.24) is 0 Å². The average molecular weight is 322 g/mol. The van der Waals surface area contributed by atoms with Gasteiger partial charge in [0.25, 0.3) is 0 Å². The summed E-state index contributed by atoms with van der Waals surface area (Å²) in [6.07, 6.45) is 1.65. The van der Waals surface area contributed by atoms with E-state index in [1.54, 1.807) is 0 Å². The van der Waals surface area contributed by atoms with Gasteiger partial charge in [0.2, 0.25) is 0 Å². The number of hydrogen-bond acceptors (Lipinski definition) is 4. The predicted octanol–water partition coefficient (Wildman–Crippen LogP) is 3.88. The number of esters is 2. The Labute approximate surface area is 140 Å². The molecule has 0 fully saturated rings. The van der Waals surface area contributed by atoms with Gasteiger partial charge in [-0.05, 0) is 24.3 Å². The normalized spacial score (nSPS) is 12.7. The van der Waals surface area contributed by atoms with Gasteiger partial charge in [0.1, 0.15) is 0 Å². The molecule has 2 atom stereocenters. The lowest BCUT2D eigenvalue weighted by atomic mass is 9.99. The molecule has 130 valence electrons. The van der Waals surface area contributed by atoms with Crippen LogP contribution in [0.1, 0.15) is 39.7 Å². The van der Waals surface area contributed by atoms with Gasteiger partial charge in [-0.3, -0.25) is 9.59 Å². The number of ether oxygens (including phenoxy) is 2. The van der Waals surface area contributed by atoms with E-state index in [9.17, 15) is 9.59 Å². The average Bonchev–Trinajstić information content (AvgIpc) is 2.54. The van der Waals surface area contributed by atoms with Crippen molar-refractivity contribution in [1.29, 1.82) is 0 Å². The van der Waals surface area contributed by atoms with Gasteiger partial charge in [0.15, 0.2) is 0 Å². The molecule has 0 heterocycles. The maximum Gasteiger partial charge on any atom is 0.308 e. The van der Waals surface area contributed by atoms with Crippen molar-refractivity contribution < 1.29 is 19.1 Å². The minimum atomic E-state index is -0.149. The lowest BCUT2D eigenvalue weighted by Gasteiger charge is -2.10. The maximum atomic E-state index is 11.1. The van der Waals surface area contributed by atoms with E-state index in [0.29, 0.717) is 5.92 Å². The lowest BCUT2D eigenvalue weighted by molar-refractivity contribution is -0.145. The van der Waals surface area contributed by atoms with E-state index >= 15 is 0 Å². The molecule has 0 spiro atoms. The molecule has 0 aliphatic carbocycles. The fourth-order valence-corrected chi connectivity index (χ4v) is 2.26. The Hall–Kier alpha value is -1.84. The molecule has 0 bridgehead atoms. The molecule has 1 aromatic rings. The summed E-state index contributed by atoms with van der Waals surface area (Å²) in [5, 5.41) is 0. The molecule has 4 nitrogen and oxygen atoms in total. The van der Waals surface area contributed by atoms with Crippen LogP contribution < -0.4 is 0 Å². The number of carbonyl (C=O) groups is 2. The Morgan fingerprint density at radius 2 is 1.35 bits per heavy atom. The summed E-state index contributed by atoms with van der Waals surface area (Å²) < 4.78 is 9.22. The SMILES string of the molecule is COC(=O)C(C)CC(C)C.COC(=O)C(C)Cc1ccccc1. The van der Waals surface area contributed by atoms with Crippen molar-refractivity contribution in [2.45, 2.75) is 40.5 Å². The van der Waals surface area contributed by atoms with E-state index in [-0.39, 0.29) is 23.8 Å². The monoisotopic (exact) mass is 322 g/mol. The Balaban J connectivity index is 0.000000438. The van der Waals surface area contributed by atoms with Crippen LogP contribution in [0.3, 0.4) is 0 Å². The molecule has 0 aliphatic rings. The second-order valence-electron chi connectivity index (χ2n) is 6.17. The molecule has 2 unspecified atom stereocenters. The highest BCUT2D eigenvalue weighted by Crippen LogP contribution is 2.11. The smallest absolute Gasteiger partial charge is 0.308 e. The Kier molecular flexibility index (Phi) is 10.8. The van der Waals surface area contributed by atoms with Crippen LogP contribution in [0.2, 0.25) is 0 Å². The van der Waals surface area contributed by atoms with Gasteiger partial charge in [-0.15, -0.1) is 0 Å². The van der Waals surface area contributed by atoms with Crippen molar-refractivity contribution in [3.05, 3.63) is 35.9 Å². The van der Waals surface area contributed by atoms with E-state index in [1.807, 2.05) is 44.2 Å². The van der Waals surface area contributed by atoms with Crippen LogP contribution in [0.5, 0.6) is 0 Å². The lowest BCUT2D eigenvalue weighted by Crippen LogP contribution is -2.14. The summed E-state index contributed by atoms with van der Waals surface area (Å²) in [5.41, 5.74) is 1.17. The molecule has 0 aliphatic heterocycles. The topological polar surface area (TPSA) is 52.6 Å². The highest BCUT2D eigenvalue weighted by molar-refractivity contribution is 5.72. The van der Waals surface area contributed by atoms with Crippen LogP contribution in [-0.4, -0.2) is 26.2 Å². The minimum absolute atomic E-state index is 0.0463. The van der Waals surface area contributed by atoms with Gasteiger partial charge in [-0.1, -0.05) is 58.0 Å². The second kappa shape index (κ2) is 11.7. The summed E-state index contributed by atoms with van der Waals surface area (Å²) in [4.78, 5) is 21.9. The second-order valence-corrected chi connectivity index (χ2v) is 6.17. The van der Waals surface area contributed by atoms with Crippen molar-refractivity contribution in [3.8, 4) is 0 Å². The number of methoxy groups -OCH3 is 2. The van der Waals surface area contributed by atoms with Gasteiger partial charge in [0, 0.05) is 0 Å². The highest BCUT2D eigenvalue weighted by Gasteiger charge is 2.14. The van der Waals surface area contributed by atoms with Crippen molar-refractivity contribution in [3.63, 3.8) is 0 Å². The third-order valence-electron chi connectivity index (χ3n) is 3.42. The first kappa shape index (κ1) is 21.2. The van der Waals surface area contributed by atoms with Crippen molar-refractivity contribution in [2.75, 3.05) is 14.2 Å². The predicted molar refractivity (Wildman–Crippen MR) is 92.0 cm³/mol. The number of carbonyl (C=O) groups excluding carboxylic acids is 2. The first-order valence-electron chi connectivity index (χ1n) is 8.01. The summed E-state index contributed by atoms with van der Waals surface area (Å²) in [5.74, 6) is 0.295. The van der Waals surface area contributed by atoms with E-state index in [4.69, 9.17) is 0 Å². The maximum absolute atomic E-state index is 11.1. The standard InChI is InChI=1S/C11H14O2.C8H16O2/c1-9(11(12)13-2)8-10-6-4-3-5-7-10;1-6(2)5-7(3)8(9)10-4/h3-7,9H,8H2,1-2H3;6-7H,5H2,1-4H3. The van der Waals surface area contributed by atoms with Crippen LogP contribution in [0.25, 0.3) is 0 Å². The van der Waals surface area contributed by atoms with Gasteiger partial charge in [-0.2, -0.15) is 0 Å². The zero-order valence-electron chi connectivity index (χ0n) is 15.2. The molecule has 4 heteroatoms. The van der Waals surface area contributed by atoms with Crippen LogP contribution >= 0.6 is 0 Å². The molecule has 23 heavy (non-hydrogen) atoms. The summed E-state index contributed by atoms with van der Waals surface area (Å²) >= 11 is 0. The largest absolute Gasteiger partial charge is 0.469 e. The molecular weight excluding hydrogens is 292 g/mol. The summed E-state index contributed by atoms with van der Waals surface area (Å²) in [6.45, 7) is 7.96. The number of rotatable bonds is 6. The minimum Gasteiger partial charge on any atom is -0.469 e. The zero-order valence-corrected chi connectivity index (χ0v) is 15.2. The number of hydrogen-bond donors (Lipinski definition) is 0. The third-order valence-corrected chi connectivity index (χ3v) is 3.42. The molecule has 1 rings (SSSR count). The highest BCUT2D eigenvalue weighted by atomic mass is 16.5. The summed E-state index contributed by atoms with van der Waals surface area (Å²) in [6, 6.07) is 9.93. The molecule has 0 N–H and O–H groups in total. The fourth-order valence-electron chi connectivity index (χ4n) is 2.26. The van der Waals surface area contributed by atoms with Gasteiger partial charge in [0.05, 0.1) is 26.1 Å². The van der Waals surface area contributed by atoms with Gasteiger partial charge in [-0.25, -0.2) is 0 Å². The van der Waals surface area contributed by atoms with Crippen LogP contribution in [0, 0.1) is 17.8 Å². The quantitative estimate of drug-likeness (QED) is 0.746. The molecule has 0 saturated carbocycles. The molecule has 0 amide bonds. The third kappa shape index (κ3) is 9.72. The Morgan fingerprint density at radius 1 is 0.870 bits per heavy atom. The Morgan fingerprint density at radius 3 is 1.78 bits per heavy atom.